The molecule has 0 aromatic carbocycles. The van der Waals surface area contributed by atoms with Gasteiger partial charge in [-0.05, 0) is 24.6 Å². The Morgan fingerprint density at radius 3 is 3.00 bits per heavy atom. The fraction of sp³-hybridized carbons (Fsp3) is 0.250. The van der Waals surface area contributed by atoms with E-state index in [9.17, 15) is 4.79 Å². The molecule has 0 radical (unpaired) electrons. The summed E-state index contributed by atoms with van der Waals surface area (Å²) in [6.45, 7) is 3.23. The van der Waals surface area contributed by atoms with E-state index in [1.54, 1.807) is 12.4 Å². The molecule has 3 rings (SSSR count). The van der Waals surface area contributed by atoms with Gasteiger partial charge in [0.05, 0.1) is 23.4 Å². The van der Waals surface area contributed by atoms with Gasteiger partial charge in [0, 0.05) is 30.9 Å². The Bertz CT molecular complexity index is 779. The molecule has 0 atom stereocenters. The molecule has 6 heteroatoms. The predicted octanol–water partition coefficient (Wildman–Crippen LogP) is 1.61. The second-order valence-corrected chi connectivity index (χ2v) is 5.07. The van der Waals surface area contributed by atoms with E-state index < -0.39 is 0 Å². The number of nitrogens with zero attached hydrogens (tertiary/aromatic N) is 3. The smallest absolute Gasteiger partial charge is 0.253 e. The van der Waals surface area contributed by atoms with Crippen molar-refractivity contribution in [2.24, 2.45) is 0 Å². The standard InChI is InChI=1S/C16H15N5O/c1-2-18-15-12(4-11(6-17)8-20-15)3-10-5-13-14(19-7-10)9-21-16(13)22/h4-5,7-8H,2-3,9H2,1H3,(H,18,20)(H,21,22). The topological polar surface area (TPSA) is 90.7 Å². The monoisotopic (exact) mass is 293 g/mol. The minimum absolute atomic E-state index is 0.0832. The first-order valence-electron chi connectivity index (χ1n) is 7.10. The highest BCUT2D eigenvalue weighted by Crippen LogP contribution is 2.21. The molecule has 1 aliphatic rings. The zero-order valence-corrected chi connectivity index (χ0v) is 12.2. The molecule has 110 valence electrons. The first kappa shape index (κ1) is 14.0. The third kappa shape index (κ3) is 2.61. The fourth-order valence-electron chi connectivity index (χ4n) is 2.48. The Kier molecular flexibility index (Phi) is 3.71. The maximum atomic E-state index is 11.7. The van der Waals surface area contributed by atoms with Crippen LogP contribution < -0.4 is 10.6 Å². The number of nitrogens with one attached hydrogen (secondary N) is 2. The number of nitriles is 1. The van der Waals surface area contributed by atoms with E-state index in [0.29, 0.717) is 24.1 Å². The second kappa shape index (κ2) is 5.82. The van der Waals surface area contributed by atoms with Crippen molar-refractivity contribution < 1.29 is 4.79 Å². The van der Waals surface area contributed by atoms with Crippen LogP contribution in [0.1, 0.15) is 39.7 Å². The lowest BCUT2D eigenvalue weighted by Crippen LogP contribution is -2.12. The first-order valence-corrected chi connectivity index (χ1v) is 7.10. The average Bonchev–Trinajstić information content (AvgIpc) is 2.90. The van der Waals surface area contributed by atoms with Gasteiger partial charge in [-0.25, -0.2) is 4.98 Å². The average molecular weight is 293 g/mol. The Labute approximate surface area is 128 Å². The number of hydrogen-bond acceptors (Lipinski definition) is 5. The summed E-state index contributed by atoms with van der Waals surface area (Å²) in [6.07, 6.45) is 3.89. The number of anilines is 1. The Morgan fingerprint density at radius 1 is 1.36 bits per heavy atom. The number of carbonyl (C=O) groups is 1. The van der Waals surface area contributed by atoms with E-state index >= 15 is 0 Å². The molecule has 2 aromatic heterocycles. The van der Waals surface area contributed by atoms with E-state index in [1.807, 2.05) is 19.1 Å². The van der Waals surface area contributed by atoms with Gasteiger partial charge in [-0.15, -0.1) is 0 Å². The highest BCUT2D eigenvalue weighted by molar-refractivity contribution is 5.97. The number of pyridine rings is 2. The molecule has 22 heavy (non-hydrogen) atoms. The van der Waals surface area contributed by atoms with Crippen molar-refractivity contribution in [3.05, 3.63) is 52.5 Å². The summed E-state index contributed by atoms with van der Waals surface area (Å²) in [6, 6.07) is 5.78. The number of carbonyl (C=O) groups excluding carboxylic acids is 1. The summed E-state index contributed by atoms with van der Waals surface area (Å²) in [5.74, 6) is 0.673. The fourth-order valence-corrected chi connectivity index (χ4v) is 2.48. The van der Waals surface area contributed by atoms with Crippen LogP contribution in [0, 0.1) is 11.3 Å². The minimum atomic E-state index is -0.0832. The largest absolute Gasteiger partial charge is 0.370 e. The third-order valence-electron chi connectivity index (χ3n) is 3.52. The summed E-state index contributed by atoms with van der Waals surface area (Å²) in [7, 11) is 0. The lowest BCUT2D eigenvalue weighted by atomic mass is 10.0. The van der Waals surface area contributed by atoms with Crippen molar-refractivity contribution in [3.63, 3.8) is 0 Å². The van der Waals surface area contributed by atoms with Gasteiger partial charge in [-0.1, -0.05) is 0 Å². The molecular weight excluding hydrogens is 278 g/mol. The summed E-state index contributed by atoms with van der Waals surface area (Å²) in [5, 5.41) is 15.0. The van der Waals surface area contributed by atoms with Gasteiger partial charge >= 0.3 is 0 Å². The van der Waals surface area contributed by atoms with Crippen molar-refractivity contribution in [3.8, 4) is 6.07 Å². The lowest BCUT2D eigenvalue weighted by Gasteiger charge is -2.10. The van der Waals surface area contributed by atoms with E-state index in [-0.39, 0.29) is 5.91 Å². The molecule has 0 bridgehead atoms. The SMILES string of the molecule is CCNc1ncc(C#N)cc1Cc1cnc2c(c1)C(=O)NC2. The van der Waals surface area contributed by atoms with E-state index in [2.05, 4.69) is 26.7 Å². The zero-order chi connectivity index (χ0) is 15.5. The molecule has 1 amide bonds. The summed E-state index contributed by atoms with van der Waals surface area (Å²) in [4.78, 5) is 20.3. The van der Waals surface area contributed by atoms with E-state index in [4.69, 9.17) is 5.26 Å². The molecule has 0 unspecified atom stereocenters. The highest BCUT2D eigenvalue weighted by Gasteiger charge is 2.20. The van der Waals surface area contributed by atoms with Crippen LogP contribution in [0.25, 0.3) is 0 Å². The van der Waals surface area contributed by atoms with Gasteiger partial charge in [-0.3, -0.25) is 9.78 Å². The van der Waals surface area contributed by atoms with Gasteiger partial charge in [-0.2, -0.15) is 5.26 Å². The van der Waals surface area contributed by atoms with Crippen molar-refractivity contribution >= 4 is 11.7 Å². The van der Waals surface area contributed by atoms with Gasteiger partial charge in [0.25, 0.3) is 5.91 Å². The molecule has 0 saturated heterocycles. The number of hydrogen-bond donors (Lipinski definition) is 2. The summed E-state index contributed by atoms with van der Waals surface area (Å²) in [5.41, 5.74) is 3.77. The number of rotatable bonds is 4. The van der Waals surface area contributed by atoms with Crippen LogP contribution in [0.2, 0.25) is 0 Å². The van der Waals surface area contributed by atoms with Gasteiger partial charge in [0.1, 0.15) is 11.9 Å². The number of amides is 1. The maximum absolute atomic E-state index is 11.7. The highest BCUT2D eigenvalue weighted by atomic mass is 16.1. The van der Waals surface area contributed by atoms with Gasteiger partial charge < -0.3 is 10.6 Å². The summed E-state index contributed by atoms with van der Waals surface area (Å²) >= 11 is 0. The van der Waals surface area contributed by atoms with Gasteiger partial charge in [0.15, 0.2) is 0 Å². The number of aromatic nitrogens is 2. The minimum Gasteiger partial charge on any atom is -0.370 e. The van der Waals surface area contributed by atoms with Crippen LogP contribution in [0.3, 0.4) is 0 Å². The van der Waals surface area contributed by atoms with Crippen molar-refractivity contribution in [1.29, 1.82) is 5.26 Å². The van der Waals surface area contributed by atoms with Crippen LogP contribution in [-0.2, 0) is 13.0 Å². The van der Waals surface area contributed by atoms with Crippen LogP contribution in [0.4, 0.5) is 5.82 Å². The van der Waals surface area contributed by atoms with Crippen LogP contribution in [-0.4, -0.2) is 22.4 Å². The molecule has 1 aliphatic heterocycles. The van der Waals surface area contributed by atoms with Crippen LogP contribution >= 0.6 is 0 Å². The molecule has 6 nitrogen and oxygen atoms in total. The number of fused-ring (bicyclic) bond motifs is 1. The van der Waals surface area contributed by atoms with Crippen LogP contribution in [0.5, 0.6) is 0 Å². The molecule has 0 fully saturated rings. The second-order valence-electron chi connectivity index (χ2n) is 5.07. The lowest BCUT2D eigenvalue weighted by molar-refractivity contribution is 0.0965. The third-order valence-corrected chi connectivity index (χ3v) is 3.52. The molecule has 0 spiro atoms. The Hall–Kier alpha value is -2.94. The molecule has 3 heterocycles. The molecule has 2 N–H and O–H groups in total. The quantitative estimate of drug-likeness (QED) is 0.893. The molecular formula is C16H15N5O. The molecule has 0 saturated carbocycles. The predicted molar refractivity (Wildman–Crippen MR) is 81.3 cm³/mol. The van der Waals surface area contributed by atoms with E-state index in [1.165, 1.54) is 0 Å². The van der Waals surface area contributed by atoms with Crippen molar-refractivity contribution in [2.75, 3.05) is 11.9 Å². The normalized spacial score (nSPS) is 12.5. The molecule has 2 aromatic rings. The zero-order valence-electron chi connectivity index (χ0n) is 12.2. The van der Waals surface area contributed by atoms with Crippen LogP contribution in [0.15, 0.2) is 24.5 Å². The van der Waals surface area contributed by atoms with Gasteiger partial charge in [0.2, 0.25) is 0 Å². The summed E-state index contributed by atoms with van der Waals surface area (Å²) < 4.78 is 0. The Morgan fingerprint density at radius 2 is 2.23 bits per heavy atom. The van der Waals surface area contributed by atoms with E-state index in [0.717, 1.165) is 29.2 Å². The van der Waals surface area contributed by atoms with Crippen molar-refractivity contribution in [2.45, 2.75) is 19.9 Å². The maximum Gasteiger partial charge on any atom is 0.253 e. The molecule has 0 aliphatic carbocycles. The Balaban J connectivity index is 1.94. The van der Waals surface area contributed by atoms with Crippen molar-refractivity contribution in [1.82, 2.24) is 15.3 Å². The first-order chi connectivity index (χ1) is 10.7.